The number of benzene rings is 1. The van der Waals surface area contributed by atoms with Crippen LogP contribution in [0.5, 0.6) is 0 Å². The van der Waals surface area contributed by atoms with Gasteiger partial charge in [0, 0.05) is 21.4 Å². The summed E-state index contributed by atoms with van der Waals surface area (Å²) in [6, 6.07) is 5.15. The second-order valence-electron chi connectivity index (χ2n) is 4.01. The number of rotatable bonds is 2. The molecule has 2 rings (SSSR count). The summed E-state index contributed by atoms with van der Waals surface area (Å²) in [5, 5.41) is 9.57. The van der Waals surface area contributed by atoms with Crippen LogP contribution in [0.15, 0.2) is 22.7 Å². The Morgan fingerprint density at radius 2 is 2.17 bits per heavy atom. The number of aryl methyl sites for hydroxylation is 1. The molecule has 5 nitrogen and oxygen atoms in total. The molecule has 1 heterocycles. The molecule has 0 bridgehead atoms. The molecule has 0 aliphatic carbocycles. The molecule has 0 saturated heterocycles. The molecule has 6 heteroatoms. The van der Waals surface area contributed by atoms with Crippen molar-refractivity contribution in [1.82, 2.24) is 10.2 Å². The number of halogens is 1. The second kappa shape index (κ2) is 4.81. The Morgan fingerprint density at radius 3 is 2.78 bits per heavy atom. The van der Waals surface area contributed by atoms with Crippen LogP contribution in [0.4, 0.5) is 11.5 Å². The van der Waals surface area contributed by atoms with Crippen molar-refractivity contribution in [2.24, 2.45) is 0 Å². The summed E-state index contributed by atoms with van der Waals surface area (Å²) < 4.78 is 0.803. The third-order valence-electron chi connectivity index (χ3n) is 2.75. The van der Waals surface area contributed by atoms with Crippen molar-refractivity contribution >= 4 is 33.3 Å². The van der Waals surface area contributed by atoms with Crippen LogP contribution >= 0.6 is 15.9 Å². The summed E-state index contributed by atoms with van der Waals surface area (Å²) in [5.74, 6) is 0.250. The topological polar surface area (TPSA) is 83.8 Å². The molecule has 4 N–H and O–H groups in total. The van der Waals surface area contributed by atoms with E-state index in [0.29, 0.717) is 17.1 Å². The average molecular weight is 309 g/mol. The van der Waals surface area contributed by atoms with Gasteiger partial charge in [0.15, 0.2) is 5.82 Å². The fourth-order valence-electron chi connectivity index (χ4n) is 1.51. The summed E-state index contributed by atoms with van der Waals surface area (Å²) in [7, 11) is 0. The summed E-state index contributed by atoms with van der Waals surface area (Å²) in [5.41, 5.74) is 8.47. The first-order valence-corrected chi connectivity index (χ1v) is 6.16. The van der Waals surface area contributed by atoms with Gasteiger partial charge in [-0.3, -0.25) is 9.89 Å². The molecular formula is C12H13BrN4O. The van der Waals surface area contributed by atoms with E-state index in [-0.39, 0.29) is 5.91 Å². The van der Waals surface area contributed by atoms with Crippen LogP contribution in [-0.2, 0) is 0 Å². The Hall–Kier alpha value is -1.82. The molecule has 0 spiro atoms. The Morgan fingerprint density at radius 1 is 1.44 bits per heavy atom. The van der Waals surface area contributed by atoms with Gasteiger partial charge in [-0.1, -0.05) is 15.9 Å². The first kappa shape index (κ1) is 12.6. The minimum Gasteiger partial charge on any atom is -0.398 e. The predicted octanol–water partition coefficient (Wildman–Crippen LogP) is 2.62. The maximum atomic E-state index is 12.1. The van der Waals surface area contributed by atoms with Crippen LogP contribution in [0.25, 0.3) is 0 Å². The van der Waals surface area contributed by atoms with E-state index in [1.807, 2.05) is 13.8 Å². The lowest BCUT2D eigenvalue weighted by Crippen LogP contribution is -2.15. The van der Waals surface area contributed by atoms with Gasteiger partial charge in [-0.25, -0.2) is 0 Å². The van der Waals surface area contributed by atoms with E-state index in [0.717, 1.165) is 15.7 Å². The van der Waals surface area contributed by atoms with Crippen molar-refractivity contribution in [1.29, 1.82) is 0 Å². The zero-order valence-electron chi connectivity index (χ0n) is 10.0. The number of anilines is 2. The van der Waals surface area contributed by atoms with Gasteiger partial charge in [0.1, 0.15) is 0 Å². The number of nitrogen functional groups attached to an aromatic ring is 1. The monoisotopic (exact) mass is 308 g/mol. The van der Waals surface area contributed by atoms with E-state index in [9.17, 15) is 4.79 Å². The van der Waals surface area contributed by atoms with E-state index in [1.165, 1.54) is 0 Å². The quantitative estimate of drug-likeness (QED) is 0.746. The van der Waals surface area contributed by atoms with Gasteiger partial charge in [0.2, 0.25) is 0 Å². The minimum atomic E-state index is -0.275. The first-order valence-electron chi connectivity index (χ1n) is 5.37. The second-order valence-corrected chi connectivity index (χ2v) is 4.92. The maximum Gasteiger partial charge on any atom is 0.259 e. The van der Waals surface area contributed by atoms with E-state index >= 15 is 0 Å². The number of aromatic amines is 1. The summed E-state index contributed by atoms with van der Waals surface area (Å²) in [6.45, 7) is 3.78. The number of carbonyl (C=O) groups excluding carboxylic acids is 1. The number of nitrogens with one attached hydrogen (secondary N) is 2. The molecule has 18 heavy (non-hydrogen) atoms. The number of nitrogens with zero attached hydrogens (tertiary/aromatic N) is 1. The molecule has 0 fully saturated rings. The van der Waals surface area contributed by atoms with E-state index in [1.54, 1.807) is 18.2 Å². The number of hydrogen-bond acceptors (Lipinski definition) is 3. The zero-order chi connectivity index (χ0) is 13.3. The molecule has 0 radical (unpaired) electrons. The minimum absolute atomic E-state index is 0.275. The van der Waals surface area contributed by atoms with Crippen LogP contribution in [-0.4, -0.2) is 16.1 Å². The first-order chi connectivity index (χ1) is 8.49. The number of nitrogens with two attached hydrogens (primary N) is 1. The van der Waals surface area contributed by atoms with Gasteiger partial charge >= 0.3 is 0 Å². The van der Waals surface area contributed by atoms with Gasteiger partial charge in [-0.15, -0.1) is 0 Å². The molecule has 0 aliphatic heterocycles. The molecule has 0 aliphatic rings. The smallest absolute Gasteiger partial charge is 0.259 e. The van der Waals surface area contributed by atoms with Crippen LogP contribution < -0.4 is 11.1 Å². The molecule has 1 amide bonds. The van der Waals surface area contributed by atoms with Crippen LogP contribution in [0.2, 0.25) is 0 Å². The van der Waals surface area contributed by atoms with Gasteiger partial charge in [0.25, 0.3) is 5.91 Å². The largest absolute Gasteiger partial charge is 0.398 e. The van der Waals surface area contributed by atoms with Crippen LogP contribution in [0.3, 0.4) is 0 Å². The van der Waals surface area contributed by atoms with Gasteiger partial charge in [-0.05, 0) is 32.0 Å². The Kier molecular flexibility index (Phi) is 3.38. The lowest BCUT2D eigenvalue weighted by Gasteiger charge is -2.06. The molecule has 1 aromatic carbocycles. The normalized spacial score (nSPS) is 10.4. The van der Waals surface area contributed by atoms with Crippen molar-refractivity contribution in [2.75, 3.05) is 11.1 Å². The summed E-state index contributed by atoms with van der Waals surface area (Å²) in [4.78, 5) is 12.1. The van der Waals surface area contributed by atoms with E-state index < -0.39 is 0 Å². The van der Waals surface area contributed by atoms with Crippen molar-refractivity contribution in [3.63, 3.8) is 0 Å². The molecule has 1 aromatic heterocycles. The Labute approximate surface area is 113 Å². The number of aromatic nitrogens is 2. The number of H-pyrrole nitrogens is 1. The molecule has 2 aromatic rings. The van der Waals surface area contributed by atoms with Crippen LogP contribution in [0.1, 0.15) is 21.6 Å². The van der Waals surface area contributed by atoms with Gasteiger partial charge < -0.3 is 11.1 Å². The van der Waals surface area contributed by atoms with Crippen molar-refractivity contribution in [2.45, 2.75) is 13.8 Å². The standard InChI is InChI=1S/C12H13BrN4O/c1-6-7(2)16-17-11(6)15-12(18)9-5-8(13)3-4-10(9)14/h3-5H,14H2,1-2H3,(H2,15,16,17,18). The Balaban J connectivity index is 2.27. The molecule has 0 unspecified atom stereocenters. The van der Waals surface area contributed by atoms with E-state index in [4.69, 9.17) is 5.73 Å². The highest BCUT2D eigenvalue weighted by Gasteiger charge is 2.14. The molecule has 0 atom stereocenters. The molecule has 94 valence electrons. The van der Waals surface area contributed by atoms with E-state index in [2.05, 4.69) is 31.4 Å². The summed E-state index contributed by atoms with van der Waals surface area (Å²) in [6.07, 6.45) is 0. The predicted molar refractivity (Wildman–Crippen MR) is 74.6 cm³/mol. The van der Waals surface area contributed by atoms with Crippen LogP contribution in [0, 0.1) is 13.8 Å². The fourth-order valence-corrected chi connectivity index (χ4v) is 1.87. The fraction of sp³-hybridized carbons (Fsp3) is 0.167. The number of amides is 1. The lowest BCUT2D eigenvalue weighted by atomic mass is 10.1. The van der Waals surface area contributed by atoms with Crippen molar-refractivity contribution in [3.05, 3.63) is 39.5 Å². The third kappa shape index (κ3) is 2.38. The highest BCUT2D eigenvalue weighted by atomic mass is 79.9. The molecular weight excluding hydrogens is 296 g/mol. The van der Waals surface area contributed by atoms with Gasteiger partial charge in [0.05, 0.1) is 5.56 Å². The number of hydrogen-bond donors (Lipinski definition) is 3. The van der Waals surface area contributed by atoms with Gasteiger partial charge in [-0.2, -0.15) is 5.10 Å². The lowest BCUT2D eigenvalue weighted by molar-refractivity contribution is 0.102. The summed E-state index contributed by atoms with van der Waals surface area (Å²) >= 11 is 3.31. The highest BCUT2D eigenvalue weighted by molar-refractivity contribution is 9.10. The Bertz CT molecular complexity index is 606. The number of carbonyl (C=O) groups is 1. The highest BCUT2D eigenvalue weighted by Crippen LogP contribution is 2.21. The van der Waals surface area contributed by atoms with Crippen molar-refractivity contribution < 1.29 is 4.79 Å². The zero-order valence-corrected chi connectivity index (χ0v) is 11.6. The van der Waals surface area contributed by atoms with Crippen molar-refractivity contribution in [3.8, 4) is 0 Å². The third-order valence-corrected chi connectivity index (χ3v) is 3.24. The maximum absolute atomic E-state index is 12.1. The molecule has 0 saturated carbocycles. The average Bonchev–Trinajstić information content (AvgIpc) is 2.64. The SMILES string of the molecule is Cc1[nH]nc(NC(=O)c2cc(Br)ccc2N)c1C.